The third kappa shape index (κ3) is 6.50. The quantitative estimate of drug-likeness (QED) is 0.396. The van der Waals surface area contributed by atoms with Gasteiger partial charge in [-0.25, -0.2) is 0 Å². The van der Waals surface area contributed by atoms with E-state index < -0.39 is 14.6 Å². The molecule has 0 radical (unpaired) electrons. The molecule has 0 bridgehead atoms. The van der Waals surface area contributed by atoms with Crippen LogP contribution in [0.25, 0.3) is 0 Å². The summed E-state index contributed by atoms with van der Waals surface area (Å²) in [5, 5.41) is 0.124. The van der Waals surface area contributed by atoms with E-state index in [1.165, 1.54) is 0 Å². The van der Waals surface area contributed by atoms with E-state index in [-0.39, 0.29) is 11.1 Å². The molecule has 17 heavy (non-hydrogen) atoms. The first-order valence-corrected chi connectivity index (χ1v) is 13.2. The summed E-state index contributed by atoms with van der Waals surface area (Å²) in [6, 6.07) is 0. The van der Waals surface area contributed by atoms with Crippen molar-refractivity contribution >= 4 is 47.8 Å². The molecule has 0 aromatic carbocycles. The number of hydrogen-bond donors (Lipinski definition) is 0. The van der Waals surface area contributed by atoms with E-state index in [9.17, 15) is 0 Å². The lowest BCUT2D eigenvalue weighted by atomic mass is 10.2. The Hall–Kier alpha value is 0.804. The van der Waals surface area contributed by atoms with Crippen molar-refractivity contribution in [2.24, 2.45) is 0 Å². The van der Waals surface area contributed by atoms with Crippen molar-refractivity contribution in [2.75, 3.05) is 0 Å². The van der Waals surface area contributed by atoms with Crippen LogP contribution in [0, 0.1) is 0 Å². The van der Waals surface area contributed by atoms with Crippen LogP contribution in [0.5, 0.6) is 0 Å². The minimum atomic E-state index is -3.15. The van der Waals surface area contributed by atoms with Gasteiger partial charge in [0.25, 0.3) is 0 Å². The van der Waals surface area contributed by atoms with Gasteiger partial charge < -0.3 is 8.85 Å². The zero-order valence-electron chi connectivity index (χ0n) is 11.2. The van der Waals surface area contributed by atoms with Crippen LogP contribution in [0.2, 0.25) is 18.1 Å². The molecule has 0 aliphatic heterocycles. The molecule has 0 fully saturated rings. The van der Waals surface area contributed by atoms with Gasteiger partial charge in [0.2, 0.25) is 0 Å². The van der Waals surface area contributed by atoms with Gasteiger partial charge in [0.15, 0.2) is 8.32 Å². The second-order valence-electron chi connectivity index (χ2n) is 5.53. The van der Waals surface area contributed by atoms with Crippen LogP contribution in [0.1, 0.15) is 27.7 Å². The summed E-state index contributed by atoms with van der Waals surface area (Å²) in [4.78, 5) is 0. The molecule has 0 aliphatic rings. The molecule has 0 saturated carbocycles. The van der Waals surface area contributed by atoms with Crippen molar-refractivity contribution in [3.05, 3.63) is 12.3 Å². The van der Waals surface area contributed by atoms with Crippen LogP contribution >= 0.6 is 33.2 Å². The molecule has 2 nitrogen and oxygen atoms in total. The molecule has 0 amide bonds. The van der Waals surface area contributed by atoms with Gasteiger partial charge in [-0.2, -0.15) is 0 Å². The highest BCUT2D eigenvalue weighted by molar-refractivity contribution is 7.62. The van der Waals surface area contributed by atoms with E-state index in [1.54, 1.807) is 0 Å². The molecule has 0 rings (SSSR count). The second kappa shape index (κ2) is 5.84. The zero-order valence-corrected chi connectivity index (χ0v) is 15.5. The Bertz CT molecular complexity index is 282. The molecule has 0 aliphatic carbocycles. The van der Waals surface area contributed by atoms with Crippen LogP contribution in [0.15, 0.2) is 12.3 Å². The molecular formula is C10H21Cl3O2Si2. The fourth-order valence-electron chi connectivity index (χ4n) is 0.916. The van der Waals surface area contributed by atoms with Crippen LogP contribution in [-0.2, 0) is 8.85 Å². The molecule has 0 unspecified atom stereocenters. The molecule has 7 heteroatoms. The molecule has 0 aromatic rings. The summed E-state index contributed by atoms with van der Waals surface area (Å²) in [5.41, 5.74) is 0. The fraction of sp³-hybridized carbons (Fsp3) is 0.800. The van der Waals surface area contributed by atoms with Gasteiger partial charge >= 0.3 is 6.25 Å². The van der Waals surface area contributed by atoms with Crippen LogP contribution < -0.4 is 0 Å². The van der Waals surface area contributed by atoms with E-state index in [1.807, 2.05) is 6.92 Å². The summed E-state index contributed by atoms with van der Waals surface area (Å²) in [6.07, 6.45) is -3.42. The van der Waals surface area contributed by atoms with Gasteiger partial charge in [-0.15, -0.1) is 0 Å². The molecule has 102 valence electrons. The summed E-state index contributed by atoms with van der Waals surface area (Å²) >= 11 is 17.0. The number of rotatable bonds is 5. The van der Waals surface area contributed by atoms with Gasteiger partial charge in [0.05, 0.1) is 6.10 Å². The Morgan fingerprint density at radius 3 is 1.88 bits per heavy atom. The second-order valence-corrected chi connectivity index (χ2v) is 17.9. The third-order valence-electron chi connectivity index (χ3n) is 2.98. The maximum absolute atomic E-state index is 6.07. The first kappa shape index (κ1) is 17.8. The van der Waals surface area contributed by atoms with Crippen molar-refractivity contribution < 1.29 is 8.85 Å². The monoisotopic (exact) mass is 334 g/mol. The molecule has 1 atom stereocenters. The Morgan fingerprint density at radius 1 is 1.18 bits per heavy atom. The molecule has 0 aromatic heterocycles. The highest BCUT2D eigenvalue weighted by atomic mass is 35.8. The molecule has 0 spiro atoms. The Kier molecular flexibility index (Phi) is 6.12. The van der Waals surface area contributed by atoms with Crippen molar-refractivity contribution in [1.29, 1.82) is 0 Å². The Morgan fingerprint density at radius 2 is 1.59 bits per heavy atom. The smallest absolute Gasteiger partial charge is 0.510 e. The standard InChI is InChI=1S/C10H21Cl3O2Si2/c1-8(9(2)15-17(11,12)13)14-16(6,7)10(3,4)5/h8H,2H2,1,3-7H3/t8-/m0/s1. The summed E-state index contributed by atoms with van der Waals surface area (Å²) < 4.78 is 11.3. The molecular weight excluding hydrogens is 315 g/mol. The predicted octanol–water partition coefficient (Wildman–Crippen LogP) is 5.08. The average molecular weight is 336 g/mol. The van der Waals surface area contributed by atoms with E-state index in [4.69, 9.17) is 42.1 Å². The lowest BCUT2D eigenvalue weighted by Crippen LogP contribution is -2.44. The fourth-order valence-corrected chi connectivity index (χ4v) is 3.64. The van der Waals surface area contributed by atoms with Gasteiger partial charge in [0, 0.05) is 0 Å². The van der Waals surface area contributed by atoms with Crippen molar-refractivity contribution in [2.45, 2.75) is 51.9 Å². The lowest BCUT2D eigenvalue weighted by Gasteiger charge is -2.38. The summed E-state index contributed by atoms with van der Waals surface area (Å²) in [5.74, 6) is 0.390. The van der Waals surface area contributed by atoms with Crippen LogP contribution in [0.3, 0.4) is 0 Å². The van der Waals surface area contributed by atoms with Gasteiger partial charge in [-0.1, -0.05) is 60.6 Å². The number of halogens is 3. The highest BCUT2D eigenvalue weighted by Gasteiger charge is 2.40. The Balaban J connectivity index is 4.56. The molecule has 0 saturated heterocycles. The van der Waals surface area contributed by atoms with Gasteiger partial charge in [0.1, 0.15) is 5.76 Å². The topological polar surface area (TPSA) is 18.5 Å². The van der Waals surface area contributed by atoms with E-state index >= 15 is 0 Å². The average Bonchev–Trinajstić information content (AvgIpc) is 1.97. The first-order chi connectivity index (χ1) is 7.26. The molecule has 0 N–H and O–H groups in total. The van der Waals surface area contributed by atoms with E-state index in [2.05, 4.69) is 40.4 Å². The van der Waals surface area contributed by atoms with Crippen LogP contribution in [0.4, 0.5) is 0 Å². The third-order valence-corrected chi connectivity index (χ3v) is 8.72. The largest absolute Gasteiger partial charge is 0.555 e. The number of hydrogen-bond acceptors (Lipinski definition) is 2. The van der Waals surface area contributed by atoms with E-state index in [0.717, 1.165) is 0 Å². The normalized spacial score (nSPS) is 15.6. The Labute approximate surface area is 121 Å². The maximum atomic E-state index is 6.07. The first-order valence-electron chi connectivity index (χ1n) is 5.38. The van der Waals surface area contributed by atoms with Crippen molar-refractivity contribution in [3.8, 4) is 0 Å². The van der Waals surface area contributed by atoms with Gasteiger partial charge in [-0.05, 0) is 25.1 Å². The summed E-state index contributed by atoms with van der Waals surface area (Å²) in [7, 11) is -1.86. The lowest BCUT2D eigenvalue weighted by molar-refractivity contribution is 0.185. The van der Waals surface area contributed by atoms with Crippen molar-refractivity contribution in [1.82, 2.24) is 0 Å². The summed E-state index contributed by atoms with van der Waals surface area (Å²) in [6.45, 7) is 16.4. The zero-order chi connectivity index (χ0) is 14.1. The molecule has 0 heterocycles. The highest BCUT2D eigenvalue weighted by Crippen LogP contribution is 2.38. The van der Waals surface area contributed by atoms with Gasteiger partial charge in [-0.3, -0.25) is 0 Å². The maximum Gasteiger partial charge on any atom is 0.555 e. The minimum absolute atomic E-state index is 0.124. The van der Waals surface area contributed by atoms with Crippen LogP contribution in [-0.4, -0.2) is 20.7 Å². The van der Waals surface area contributed by atoms with E-state index in [0.29, 0.717) is 5.76 Å². The minimum Gasteiger partial charge on any atom is -0.510 e. The van der Waals surface area contributed by atoms with Crippen molar-refractivity contribution in [3.63, 3.8) is 0 Å². The predicted molar refractivity (Wildman–Crippen MR) is 81.3 cm³/mol. The SMILES string of the molecule is C=C(O[Si](Cl)(Cl)Cl)[C@H](C)O[Si](C)(C)C(C)(C)C.